The van der Waals surface area contributed by atoms with E-state index in [1.807, 2.05) is 31.2 Å². The number of aryl methyl sites for hydroxylation is 1. The maximum Gasteiger partial charge on any atom is 0.280 e. The van der Waals surface area contributed by atoms with Crippen molar-refractivity contribution in [2.24, 2.45) is 0 Å². The molecule has 1 aliphatic rings. The maximum atomic E-state index is 11.7. The molecule has 0 amide bonds. The van der Waals surface area contributed by atoms with Crippen molar-refractivity contribution in [3.8, 4) is 0 Å². The van der Waals surface area contributed by atoms with Gasteiger partial charge in [-0.1, -0.05) is 29.8 Å². The largest absolute Gasteiger partial charge is 0.302 e. The lowest BCUT2D eigenvalue weighted by atomic mass is 10.1. The summed E-state index contributed by atoms with van der Waals surface area (Å²) in [5, 5.41) is 0. The smallest absolute Gasteiger partial charge is 0.280 e. The summed E-state index contributed by atoms with van der Waals surface area (Å²) in [5.41, 5.74) is 2.00. The molecule has 0 aromatic heterocycles. The summed E-state index contributed by atoms with van der Waals surface area (Å²) < 4.78 is 26.9. The Labute approximate surface area is 101 Å². The highest BCUT2D eigenvalue weighted by Crippen LogP contribution is 2.15. The van der Waals surface area contributed by atoms with Crippen LogP contribution >= 0.6 is 0 Å². The van der Waals surface area contributed by atoms with E-state index in [1.165, 1.54) is 4.31 Å². The Morgan fingerprint density at radius 2 is 2.29 bits per heavy atom. The van der Waals surface area contributed by atoms with Gasteiger partial charge in [0, 0.05) is 13.1 Å². The Morgan fingerprint density at radius 1 is 1.53 bits per heavy atom. The van der Waals surface area contributed by atoms with Gasteiger partial charge in [-0.3, -0.25) is 0 Å². The van der Waals surface area contributed by atoms with E-state index in [0.717, 1.165) is 11.1 Å². The molecule has 1 aromatic carbocycles. The Morgan fingerprint density at radius 3 is 2.88 bits per heavy atom. The first-order valence-corrected chi connectivity index (χ1v) is 6.73. The van der Waals surface area contributed by atoms with Crippen LogP contribution in [0.4, 0.5) is 0 Å². The minimum Gasteiger partial charge on any atom is -0.302 e. The van der Waals surface area contributed by atoms with Crippen LogP contribution in [0.1, 0.15) is 11.1 Å². The minimum absolute atomic E-state index is 0.194. The molecule has 0 spiro atoms. The SMILES string of the molecule is Cc1cccc(CN2CC(C=O)NS2(=O)=O)c1. The molecule has 1 aromatic rings. The van der Waals surface area contributed by atoms with Gasteiger partial charge in [-0.25, -0.2) is 0 Å². The molecule has 6 heteroatoms. The zero-order valence-electron chi connectivity index (χ0n) is 9.46. The molecule has 1 fully saturated rings. The average molecular weight is 254 g/mol. The second-order valence-corrected chi connectivity index (χ2v) is 5.85. The first kappa shape index (κ1) is 12.2. The third-order valence-corrected chi connectivity index (χ3v) is 4.20. The van der Waals surface area contributed by atoms with Crippen LogP contribution in [0.3, 0.4) is 0 Å². The molecule has 0 radical (unpaired) electrons. The standard InChI is InChI=1S/C11H14N2O3S/c1-9-3-2-4-10(5-9)6-13-7-11(8-14)12-17(13,15)16/h2-5,8,11-12H,6-7H2,1H3. The zero-order valence-corrected chi connectivity index (χ0v) is 10.3. The zero-order chi connectivity index (χ0) is 12.5. The minimum atomic E-state index is -3.51. The summed E-state index contributed by atoms with van der Waals surface area (Å²) in [7, 11) is -3.51. The third kappa shape index (κ3) is 2.71. The van der Waals surface area contributed by atoms with Crippen LogP contribution in [-0.2, 0) is 21.5 Å². The van der Waals surface area contributed by atoms with E-state index in [0.29, 0.717) is 12.8 Å². The van der Waals surface area contributed by atoms with Gasteiger partial charge in [-0.15, -0.1) is 0 Å². The van der Waals surface area contributed by atoms with Gasteiger partial charge in [0.2, 0.25) is 0 Å². The molecule has 2 rings (SSSR count). The van der Waals surface area contributed by atoms with E-state index in [-0.39, 0.29) is 6.54 Å². The molecule has 1 aliphatic heterocycles. The Bertz CT molecular complexity index is 527. The second-order valence-electron chi connectivity index (χ2n) is 4.15. The molecule has 0 aliphatic carbocycles. The number of benzene rings is 1. The molecule has 1 heterocycles. The molecule has 1 N–H and O–H groups in total. The highest BCUT2D eigenvalue weighted by molar-refractivity contribution is 7.87. The molecule has 1 unspecified atom stereocenters. The Balaban J connectivity index is 2.17. The van der Waals surface area contributed by atoms with Gasteiger partial charge in [-0.05, 0) is 12.5 Å². The van der Waals surface area contributed by atoms with Crippen molar-refractivity contribution in [3.63, 3.8) is 0 Å². The van der Waals surface area contributed by atoms with Gasteiger partial charge in [-0.2, -0.15) is 17.4 Å². The monoisotopic (exact) mass is 254 g/mol. The third-order valence-electron chi connectivity index (χ3n) is 2.65. The van der Waals surface area contributed by atoms with Crippen molar-refractivity contribution in [3.05, 3.63) is 35.4 Å². The van der Waals surface area contributed by atoms with Gasteiger partial charge in [0.1, 0.15) is 6.29 Å². The molecule has 0 saturated carbocycles. The molecule has 0 bridgehead atoms. The van der Waals surface area contributed by atoms with Gasteiger partial charge in [0.15, 0.2) is 0 Å². The number of carbonyl (C=O) groups excluding carboxylic acids is 1. The number of nitrogens with zero attached hydrogens (tertiary/aromatic N) is 1. The van der Waals surface area contributed by atoms with Crippen LogP contribution in [0.2, 0.25) is 0 Å². The highest BCUT2D eigenvalue weighted by Gasteiger charge is 2.34. The lowest BCUT2D eigenvalue weighted by Crippen LogP contribution is -2.30. The molecular formula is C11H14N2O3S. The van der Waals surface area contributed by atoms with Crippen molar-refractivity contribution >= 4 is 16.5 Å². The number of rotatable bonds is 3. The van der Waals surface area contributed by atoms with Crippen LogP contribution < -0.4 is 4.72 Å². The number of carbonyl (C=O) groups is 1. The predicted octanol–water partition coefficient (Wildman–Crippen LogP) is 0.213. The average Bonchev–Trinajstić information content (AvgIpc) is 2.54. The normalized spacial score (nSPS) is 23.7. The highest BCUT2D eigenvalue weighted by atomic mass is 32.2. The van der Waals surface area contributed by atoms with E-state index < -0.39 is 16.3 Å². The number of aldehydes is 1. The second kappa shape index (κ2) is 4.56. The van der Waals surface area contributed by atoms with E-state index in [9.17, 15) is 13.2 Å². The summed E-state index contributed by atoms with van der Waals surface area (Å²) >= 11 is 0. The lowest BCUT2D eigenvalue weighted by molar-refractivity contribution is -0.109. The van der Waals surface area contributed by atoms with E-state index in [1.54, 1.807) is 0 Å². The quantitative estimate of drug-likeness (QED) is 0.784. The maximum absolute atomic E-state index is 11.7. The van der Waals surface area contributed by atoms with Crippen LogP contribution in [-0.4, -0.2) is 31.6 Å². The molecule has 92 valence electrons. The van der Waals surface area contributed by atoms with Gasteiger partial charge >= 0.3 is 0 Å². The van der Waals surface area contributed by atoms with Crippen molar-refractivity contribution < 1.29 is 13.2 Å². The van der Waals surface area contributed by atoms with Crippen LogP contribution in [0.25, 0.3) is 0 Å². The van der Waals surface area contributed by atoms with Crippen molar-refractivity contribution in [1.82, 2.24) is 9.03 Å². The van der Waals surface area contributed by atoms with Gasteiger partial charge in [0.25, 0.3) is 10.2 Å². The summed E-state index contributed by atoms with van der Waals surface area (Å²) in [6.45, 7) is 2.44. The number of nitrogens with one attached hydrogen (secondary N) is 1. The first-order valence-electron chi connectivity index (χ1n) is 5.29. The molecule has 17 heavy (non-hydrogen) atoms. The summed E-state index contributed by atoms with van der Waals surface area (Å²) in [6, 6.07) is 7.01. The van der Waals surface area contributed by atoms with Crippen LogP contribution in [0.5, 0.6) is 0 Å². The summed E-state index contributed by atoms with van der Waals surface area (Å²) in [4.78, 5) is 10.6. The summed E-state index contributed by atoms with van der Waals surface area (Å²) in [5.74, 6) is 0. The van der Waals surface area contributed by atoms with Crippen molar-refractivity contribution in [2.45, 2.75) is 19.5 Å². The number of hydrogen-bond donors (Lipinski definition) is 1. The topological polar surface area (TPSA) is 66.5 Å². The van der Waals surface area contributed by atoms with Crippen LogP contribution in [0.15, 0.2) is 24.3 Å². The Kier molecular flexibility index (Phi) is 3.28. The first-order chi connectivity index (χ1) is 8.01. The van der Waals surface area contributed by atoms with Gasteiger partial charge in [0.05, 0.1) is 6.04 Å². The van der Waals surface area contributed by atoms with Gasteiger partial charge < -0.3 is 4.79 Å². The lowest BCUT2D eigenvalue weighted by Gasteiger charge is -2.13. The van der Waals surface area contributed by atoms with Crippen molar-refractivity contribution in [1.29, 1.82) is 0 Å². The van der Waals surface area contributed by atoms with E-state index in [4.69, 9.17) is 0 Å². The Hall–Kier alpha value is -1.24. The molecule has 1 saturated heterocycles. The van der Waals surface area contributed by atoms with Crippen LogP contribution in [0, 0.1) is 6.92 Å². The molecule has 5 nitrogen and oxygen atoms in total. The molecule has 1 atom stereocenters. The fourth-order valence-corrected chi connectivity index (χ4v) is 3.19. The van der Waals surface area contributed by atoms with E-state index in [2.05, 4.69) is 4.72 Å². The fraction of sp³-hybridized carbons (Fsp3) is 0.364. The van der Waals surface area contributed by atoms with Crippen molar-refractivity contribution in [2.75, 3.05) is 6.54 Å². The van der Waals surface area contributed by atoms with E-state index >= 15 is 0 Å². The summed E-state index contributed by atoms with van der Waals surface area (Å²) in [6.07, 6.45) is 0.619. The number of hydrogen-bond acceptors (Lipinski definition) is 3. The molecular weight excluding hydrogens is 240 g/mol. The predicted molar refractivity (Wildman–Crippen MR) is 63.5 cm³/mol. The fourth-order valence-electron chi connectivity index (χ4n) is 1.86.